The number of carbonyl (C=O) groups is 2. The molecule has 2 rings (SSSR count). The zero-order chi connectivity index (χ0) is 12.6. The van der Waals surface area contributed by atoms with Gasteiger partial charge in [-0.3, -0.25) is 9.59 Å². The van der Waals surface area contributed by atoms with Crippen LogP contribution in [-0.4, -0.2) is 35.7 Å². The Labute approximate surface area is 99.8 Å². The van der Waals surface area contributed by atoms with E-state index in [1.807, 2.05) is 13.8 Å². The fraction of sp³-hybridized carbons (Fsp3) is 0.667. The Kier molecular flexibility index (Phi) is 3.19. The fourth-order valence-corrected chi connectivity index (χ4v) is 2.34. The standard InChI is InChI=1S/C12H17NO4/c1-6(2)5-13-11(14)9-7-3-4-8(17-7)10(9)12(15)16/h3-4,6-10H,5H2,1-2H3,(H,13,14)(H,15,16)/t7-,8-,9+,10+/m1/s1. The quantitative estimate of drug-likeness (QED) is 0.697. The lowest BCUT2D eigenvalue weighted by Gasteiger charge is -2.21. The van der Waals surface area contributed by atoms with E-state index in [2.05, 4.69) is 5.32 Å². The summed E-state index contributed by atoms with van der Waals surface area (Å²) < 4.78 is 5.43. The van der Waals surface area contributed by atoms with E-state index >= 15 is 0 Å². The van der Waals surface area contributed by atoms with Crippen molar-refractivity contribution in [1.29, 1.82) is 0 Å². The molecule has 5 nitrogen and oxygen atoms in total. The first-order valence-electron chi connectivity index (χ1n) is 5.85. The Morgan fingerprint density at radius 1 is 1.29 bits per heavy atom. The van der Waals surface area contributed by atoms with Crippen LogP contribution in [0.3, 0.4) is 0 Å². The van der Waals surface area contributed by atoms with Gasteiger partial charge < -0.3 is 15.2 Å². The van der Waals surface area contributed by atoms with E-state index in [0.29, 0.717) is 12.5 Å². The zero-order valence-corrected chi connectivity index (χ0v) is 9.92. The van der Waals surface area contributed by atoms with E-state index < -0.39 is 23.9 Å². The van der Waals surface area contributed by atoms with Gasteiger partial charge in [0.25, 0.3) is 0 Å². The van der Waals surface area contributed by atoms with Gasteiger partial charge in [-0.25, -0.2) is 0 Å². The van der Waals surface area contributed by atoms with Gasteiger partial charge in [-0.1, -0.05) is 26.0 Å². The molecule has 94 valence electrons. The molecule has 2 aliphatic heterocycles. The number of rotatable bonds is 4. The normalized spacial score (nSPS) is 34.3. The summed E-state index contributed by atoms with van der Waals surface area (Å²) in [5, 5.41) is 11.9. The van der Waals surface area contributed by atoms with E-state index in [-0.39, 0.29) is 12.0 Å². The summed E-state index contributed by atoms with van der Waals surface area (Å²) in [6, 6.07) is 0. The molecule has 17 heavy (non-hydrogen) atoms. The molecule has 1 fully saturated rings. The largest absolute Gasteiger partial charge is 0.481 e. The monoisotopic (exact) mass is 239 g/mol. The summed E-state index contributed by atoms with van der Waals surface area (Å²) >= 11 is 0. The molecule has 0 radical (unpaired) electrons. The minimum atomic E-state index is -0.966. The first-order valence-corrected chi connectivity index (χ1v) is 5.85. The van der Waals surface area contributed by atoms with Gasteiger partial charge in [-0.05, 0) is 5.92 Å². The topological polar surface area (TPSA) is 75.6 Å². The Hall–Kier alpha value is -1.36. The maximum Gasteiger partial charge on any atom is 0.310 e. The number of amides is 1. The van der Waals surface area contributed by atoms with E-state index in [0.717, 1.165) is 0 Å². The SMILES string of the molecule is CC(C)CNC(=O)[C@@H]1[C@@H](C(=O)O)[C@H]2C=C[C@H]1O2. The van der Waals surface area contributed by atoms with Crippen molar-refractivity contribution in [2.75, 3.05) is 6.54 Å². The zero-order valence-electron chi connectivity index (χ0n) is 9.92. The van der Waals surface area contributed by atoms with Crippen molar-refractivity contribution in [3.63, 3.8) is 0 Å². The third-order valence-electron chi connectivity index (χ3n) is 3.17. The highest BCUT2D eigenvalue weighted by atomic mass is 16.5. The van der Waals surface area contributed by atoms with E-state index in [9.17, 15) is 9.59 Å². The van der Waals surface area contributed by atoms with Crippen molar-refractivity contribution in [3.8, 4) is 0 Å². The van der Waals surface area contributed by atoms with Gasteiger partial charge in [0.2, 0.25) is 5.91 Å². The number of carboxylic acids is 1. The summed E-state index contributed by atoms with van der Waals surface area (Å²) in [4.78, 5) is 23.1. The van der Waals surface area contributed by atoms with Crippen LogP contribution in [-0.2, 0) is 14.3 Å². The highest BCUT2D eigenvalue weighted by molar-refractivity contribution is 5.87. The Morgan fingerprint density at radius 2 is 1.88 bits per heavy atom. The van der Waals surface area contributed by atoms with Crippen molar-refractivity contribution < 1.29 is 19.4 Å². The van der Waals surface area contributed by atoms with Gasteiger partial charge in [-0.15, -0.1) is 0 Å². The molecule has 0 unspecified atom stereocenters. The molecule has 5 heteroatoms. The number of carbonyl (C=O) groups excluding carboxylic acids is 1. The molecule has 0 aromatic heterocycles. The lowest BCUT2D eigenvalue weighted by molar-refractivity contribution is -0.146. The van der Waals surface area contributed by atoms with Crippen LogP contribution in [0, 0.1) is 17.8 Å². The second kappa shape index (κ2) is 4.49. The molecule has 0 aromatic carbocycles. The summed E-state index contributed by atoms with van der Waals surface area (Å²) in [7, 11) is 0. The molecule has 4 atom stereocenters. The molecular weight excluding hydrogens is 222 g/mol. The van der Waals surface area contributed by atoms with Gasteiger partial charge in [0, 0.05) is 6.54 Å². The summed E-state index contributed by atoms with van der Waals surface area (Å²) in [6.07, 6.45) is 2.68. The minimum absolute atomic E-state index is 0.219. The predicted octanol–water partition coefficient (Wildman–Crippen LogP) is 0.413. The average molecular weight is 239 g/mol. The highest BCUT2D eigenvalue weighted by Gasteiger charge is 2.53. The third-order valence-corrected chi connectivity index (χ3v) is 3.17. The molecule has 2 N–H and O–H groups in total. The van der Waals surface area contributed by atoms with Crippen LogP contribution in [0.25, 0.3) is 0 Å². The van der Waals surface area contributed by atoms with Crippen LogP contribution in [0.2, 0.25) is 0 Å². The summed E-state index contributed by atoms with van der Waals surface area (Å²) in [5.74, 6) is -2.19. The van der Waals surface area contributed by atoms with Crippen molar-refractivity contribution >= 4 is 11.9 Å². The van der Waals surface area contributed by atoms with E-state index in [4.69, 9.17) is 9.84 Å². The first-order chi connectivity index (χ1) is 8.00. The van der Waals surface area contributed by atoms with Crippen molar-refractivity contribution in [2.24, 2.45) is 17.8 Å². The molecule has 0 saturated carbocycles. The lowest BCUT2D eigenvalue weighted by atomic mass is 9.82. The average Bonchev–Trinajstić information content (AvgIpc) is 2.84. The Balaban J connectivity index is 2.06. The molecule has 0 aromatic rings. The minimum Gasteiger partial charge on any atom is -0.481 e. The molecule has 1 amide bonds. The lowest BCUT2D eigenvalue weighted by Crippen LogP contribution is -2.43. The third kappa shape index (κ3) is 2.20. The van der Waals surface area contributed by atoms with Crippen LogP contribution in [0.1, 0.15) is 13.8 Å². The number of ether oxygens (including phenoxy) is 1. The maximum atomic E-state index is 12.0. The maximum absolute atomic E-state index is 12.0. The number of nitrogens with one attached hydrogen (secondary N) is 1. The van der Waals surface area contributed by atoms with Gasteiger partial charge in [-0.2, -0.15) is 0 Å². The summed E-state index contributed by atoms with van der Waals surface area (Å²) in [6.45, 7) is 4.54. The fourth-order valence-electron chi connectivity index (χ4n) is 2.34. The molecule has 2 aliphatic rings. The van der Waals surface area contributed by atoms with Crippen LogP contribution < -0.4 is 5.32 Å². The van der Waals surface area contributed by atoms with Crippen molar-refractivity contribution in [3.05, 3.63) is 12.2 Å². The molecular formula is C12H17NO4. The molecule has 0 aliphatic carbocycles. The molecule has 2 bridgehead atoms. The van der Waals surface area contributed by atoms with Gasteiger partial charge in [0.05, 0.1) is 18.1 Å². The molecule has 0 spiro atoms. The Bertz CT molecular complexity index is 364. The second-order valence-corrected chi connectivity index (χ2v) is 4.98. The van der Waals surface area contributed by atoms with Gasteiger partial charge in [0.15, 0.2) is 0 Å². The second-order valence-electron chi connectivity index (χ2n) is 4.98. The molecule has 1 saturated heterocycles. The van der Waals surface area contributed by atoms with Crippen LogP contribution in [0.5, 0.6) is 0 Å². The predicted molar refractivity (Wildman–Crippen MR) is 60.3 cm³/mol. The van der Waals surface area contributed by atoms with Crippen LogP contribution in [0.15, 0.2) is 12.2 Å². The number of hydrogen-bond acceptors (Lipinski definition) is 3. The van der Waals surface area contributed by atoms with Crippen LogP contribution >= 0.6 is 0 Å². The Morgan fingerprint density at radius 3 is 2.41 bits per heavy atom. The number of carboxylic acid groups (broad SMARTS) is 1. The van der Waals surface area contributed by atoms with Crippen LogP contribution in [0.4, 0.5) is 0 Å². The van der Waals surface area contributed by atoms with E-state index in [1.165, 1.54) is 0 Å². The highest BCUT2D eigenvalue weighted by Crippen LogP contribution is 2.39. The van der Waals surface area contributed by atoms with Gasteiger partial charge >= 0.3 is 5.97 Å². The van der Waals surface area contributed by atoms with E-state index in [1.54, 1.807) is 12.2 Å². The molecule has 2 heterocycles. The van der Waals surface area contributed by atoms with Crippen molar-refractivity contribution in [1.82, 2.24) is 5.32 Å². The first kappa shape index (κ1) is 12.1. The number of aliphatic carboxylic acids is 1. The van der Waals surface area contributed by atoms with Gasteiger partial charge in [0.1, 0.15) is 5.92 Å². The van der Waals surface area contributed by atoms with Crippen molar-refractivity contribution in [2.45, 2.75) is 26.1 Å². The summed E-state index contributed by atoms with van der Waals surface area (Å²) in [5.41, 5.74) is 0. The number of hydrogen-bond donors (Lipinski definition) is 2. The number of fused-ring (bicyclic) bond motifs is 2. The smallest absolute Gasteiger partial charge is 0.310 e.